The molecule has 20 heavy (non-hydrogen) atoms. The Morgan fingerprint density at radius 2 is 1.65 bits per heavy atom. The van der Waals surface area contributed by atoms with E-state index in [4.69, 9.17) is 9.84 Å². The van der Waals surface area contributed by atoms with Crippen LogP contribution in [-0.2, 0) is 9.53 Å². The molecular weight excluding hydrogens is 373 g/mol. The number of carbonyl (C=O) groups excluding carboxylic acids is 1. The van der Waals surface area contributed by atoms with Crippen LogP contribution < -0.4 is 5.32 Å². The number of alkyl halides is 1. The van der Waals surface area contributed by atoms with Crippen molar-refractivity contribution in [1.82, 2.24) is 5.32 Å². The maximum absolute atomic E-state index is 11.6. The lowest BCUT2D eigenvalue weighted by Crippen LogP contribution is -2.44. The quantitative estimate of drug-likeness (QED) is 0.547. The van der Waals surface area contributed by atoms with Crippen LogP contribution in [0.25, 0.3) is 0 Å². The van der Waals surface area contributed by atoms with Crippen molar-refractivity contribution in [2.24, 2.45) is 5.41 Å². The number of halogens is 1. The molecule has 0 aromatic rings. The predicted molar refractivity (Wildman–Crippen MR) is 87.3 cm³/mol. The molecule has 2 atom stereocenters. The Balaban J connectivity index is 4.46. The molecule has 0 rings (SSSR count). The van der Waals surface area contributed by atoms with Crippen LogP contribution in [0.15, 0.2) is 0 Å². The second-order valence-corrected chi connectivity index (χ2v) is 8.45. The molecule has 6 heteroatoms. The van der Waals surface area contributed by atoms with Gasteiger partial charge in [-0.05, 0) is 39.0 Å². The topological polar surface area (TPSA) is 75.6 Å². The van der Waals surface area contributed by atoms with E-state index < -0.39 is 23.7 Å². The summed E-state index contributed by atoms with van der Waals surface area (Å²) in [7, 11) is 0. The third-order valence-corrected chi connectivity index (χ3v) is 5.13. The van der Waals surface area contributed by atoms with E-state index in [1.54, 1.807) is 20.8 Å². The number of carboxylic acids is 1. The molecule has 0 radical (unpaired) electrons. The standard InChI is InChI=1S/C14H26INO4/c1-13(2,3)10(15)8-7-9(11(17)18)16-12(19)20-14(4,5)6/h9-10H,7-8H2,1-6H3,(H,16,19)(H,17,18). The van der Waals surface area contributed by atoms with Gasteiger partial charge in [0.05, 0.1) is 0 Å². The summed E-state index contributed by atoms with van der Waals surface area (Å²) in [6.45, 7) is 11.6. The number of carbonyl (C=O) groups is 2. The number of ether oxygens (including phenoxy) is 1. The molecule has 0 bridgehead atoms. The van der Waals surface area contributed by atoms with Crippen LogP contribution in [0, 0.1) is 5.41 Å². The molecule has 0 spiro atoms. The lowest BCUT2D eigenvalue weighted by atomic mass is 9.89. The Morgan fingerprint density at radius 1 is 1.15 bits per heavy atom. The van der Waals surface area contributed by atoms with Crippen molar-refractivity contribution in [3.05, 3.63) is 0 Å². The third kappa shape index (κ3) is 8.60. The summed E-state index contributed by atoms with van der Waals surface area (Å²) in [6, 6.07) is -0.913. The zero-order valence-electron chi connectivity index (χ0n) is 13.1. The van der Waals surface area contributed by atoms with Crippen molar-refractivity contribution in [3.63, 3.8) is 0 Å². The minimum Gasteiger partial charge on any atom is -0.480 e. The van der Waals surface area contributed by atoms with Gasteiger partial charge in [-0.1, -0.05) is 43.4 Å². The first-order valence-corrected chi connectivity index (χ1v) is 7.94. The van der Waals surface area contributed by atoms with Gasteiger partial charge in [-0.2, -0.15) is 0 Å². The van der Waals surface area contributed by atoms with Crippen LogP contribution in [0.3, 0.4) is 0 Å². The molecule has 5 nitrogen and oxygen atoms in total. The normalized spacial score (nSPS) is 15.3. The first-order valence-electron chi connectivity index (χ1n) is 6.69. The Morgan fingerprint density at radius 3 is 2.00 bits per heavy atom. The van der Waals surface area contributed by atoms with Crippen molar-refractivity contribution in [3.8, 4) is 0 Å². The van der Waals surface area contributed by atoms with Gasteiger partial charge < -0.3 is 15.2 Å². The Labute approximate surface area is 135 Å². The summed E-state index contributed by atoms with van der Waals surface area (Å²) in [5.74, 6) is -1.03. The SMILES string of the molecule is CC(C)(C)OC(=O)NC(CCC(I)C(C)(C)C)C(=O)O. The van der Waals surface area contributed by atoms with E-state index in [1.165, 1.54) is 0 Å². The van der Waals surface area contributed by atoms with Crippen LogP contribution in [0.2, 0.25) is 0 Å². The number of aliphatic carboxylic acids is 1. The van der Waals surface area contributed by atoms with Gasteiger partial charge in [0.1, 0.15) is 11.6 Å². The highest BCUT2D eigenvalue weighted by atomic mass is 127. The van der Waals surface area contributed by atoms with Gasteiger partial charge in [0.15, 0.2) is 0 Å². The molecule has 0 fully saturated rings. The average Bonchev–Trinajstić information content (AvgIpc) is 2.18. The Hall–Kier alpha value is -0.530. The van der Waals surface area contributed by atoms with Crippen LogP contribution in [0.1, 0.15) is 54.4 Å². The highest BCUT2D eigenvalue weighted by Crippen LogP contribution is 2.30. The van der Waals surface area contributed by atoms with E-state index in [-0.39, 0.29) is 5.41 Å². The van der Waals surface area contributed by atoms with Crippen molar-refractivity contribution in [2.45, 2.75) is 70.0 Å². The molecular formula is C14H26INO4. The zero-order valence-corrected chi connectivity index (χ0v) is 15.3. The van der Waals surface area contributed by atoms with E-state index in [0.29, 0.717) is 10.3 Å². The van der Waals surface area contributed by atoms with Crippen molar-refractivity contribution in [1.29, 1.82) is 0 Å². The maximum atomic E-state index is 11.6. The number of nitrogens with one attached hydrogen (secondary N) is 1. The number of hydrogen-bond acceptors (Lipinski definition) is 3. The molecule has 0 aliphatic carbocycles. The van der Waals surface area contributed by atoms with Crippen LogP contribution in [-0.4, -0.2) is 32.7 Å². The van der Waals surface area contributed by atoms with Crippen molar-refractivity contribution >= 4 is 34.7 Å². The Bertz CT molecular complexity index is 344. The fourth-order valence-corrected chi connectivity index (χ4v) is 1.81. The minimum atomic E-state index is -1.03. The second-order valence-electron chi connectivity index (χ2n) is 6.95. The maximum Gasteiger partial charge on any atom is 0.408 e. The van der Waals surface area contributed by atoms with E-state index in [0.717, 1.165) is 6.42 Å². The summed E-state index contributed by atoms with van der Waals surface area (Å²) < 4.78 is 5.41. The molecule has 0 aromatic heterocycles. The lowest BCUT2D eigenvalue weighted by molar-refractivity contribution is -0.139. The van der Waals surface area contributed by atoms with E-state index in [1.807, 2.05) is 0 Å². The monoisotopic (exact) mass is 399 g/mol. The smallest absolute Gasteiger partial charge is 0.408 e. The summed E-state index contributed by atoms with van der Waals surface area (Å²) >= 11 is 2.32. The van der Waals surface area contributed by atoms with Gasteiger partial charge in [0, 0.05) is 3.92 Å². The number of amides is 1. The highest BCUT2D eigenvalue weighted by molar-refractivity contribution is 14.1. The first kappa shape index (κ1) is 19.5. The fourth-order valence-electron chi connectivity index (χ4n) is 1.45. The van der Waals surface area contributed by atoms with Crippen LogP contribution in [0.5, 0.6) is 0 Å². The van der Waals surface area contributed by atoms with Gasteiger partial charge in [-0.25, -0.2) is 9.59 Å². The van der Waals surface area contributed by atoms with E-state index in [2.05, 4.69) is 48.7 Å². The van der Waals surface area contributed by atoms with Crippen LogP contribution in [0.4, 0.5) is 4.79 Å². The van der Waals surface area contributed by atoms with Crippen LogP contribution >= 0.6 is 22.6 Å². The molecule has 0 saturated heterocycles. The number of rotatable bonds is 5. The third-order valence-electron chi connectivity index (χ3n) is 2.64. The summed E-state index contributed by atoms with van der Waals surface area (Å²) in [5, 5.41) is 11.6. The largest absolute Gasteiger partial charge is 0.480 e. The van der Waals surface area contributed by atoms with Crippen molar-refractivity contribution < 1.29 is 19.4 Å². The molecule has 1 amide bonds. The molecule has 0 aromatic carbocycles. The van der Waals surface area contributed by atoms with Gasteiger partial charge in [0.25, 0.3) is 0 Å². The molecule has 0 heterocycles. The second kappa shape index (κ2) is 7.47. The van der Waals surface area contributed by atoms with Gasteiger partial charge in [-0.3, -0.25) is 0 Å². The molecule has 0 saturated carbocycles. The summed E-state index contributed by atoms with van der Waals surface area (Å²) in [6.07, 6.45) is 0.418. The molecule has 0 aliphatic heterocycles. The van der Waals surface area contributed by atoms with Gasteiger partial charge in [-0.15, -0.1) is 0 Å². The fraction of sp³-hybridized carbons (Fsp3) is 0.857. The highest BCUT2D eigenvalue weighted by Gasteiger charge is 2.27. The summed E-state index contributed by atoms with van der Waals surface area (Å²) in [5.41, 5.74) is -0.528. The lowest BCUT2D eigenvalue weighted by Gasteiger charge is -2.27. The van der Waals surface area contributed by atoms with E-state index >= 15 is 0 Å². The molecule has 0 aliphatic rings. The minimum absolute atomic E-state index is 0.107. The molecule has 2 N–H and O–H groups in total. The first-order chi connectivity index (χ1) is 8.83. The number of carboxylic acid groups (broad SMARTS) is 1. The zero-order chi connectivity index (χ0) is 16.1. The van der Waals surface area contributed by atoms with Gasteiger partial charge >= 0.3 is 12.1 Å². The Kier molecular flexibility index (Phi) is 7.27. The molecule has 118 valence electrons. The number of hydrogen-bond donors (Lipinski definition) is 2. The van der Waals surface area contributed by atoms with Gasteiger partial charge in [0.2, 0.25) is 0 Å². The molecule has 2 unspecified atom stereocenters. The number of alkyl carbamates (subject to hydrolysis) is 1. The predicted octanol–water partition coefficient (Wildman–Crippen LogP) is 3.59. The summed E-state index contributed by atoms with van der Waals surface area (Å²) in [4.78, 5) is 22.8. The average molecular weight is 399 g/mol. The van der Waals surface area contributed by atoms with E-state index in [9.17, 15) is 9.59 Å². The van der Waals surface area contributed by atoms with Crippen molar-refractivity contribution in [2.75, 3.05) is 0 Å².